The average Bonchev–Trinajstić information content (AvgIpc) is 3.47. The minimum Gasteiger partial charge on any atom is -0.468 e. The number of nitrogens with one attached hydrogen (secondary N) is 2. The van der Waals surface area contributed by atoms with Crippen LogP contribution in [-0.4, -0.2) is 47.5 Å². The number of Topliss-reactive ketones (excluding diaryl/α,β-unsaturated/α-hetero) is 2. The van der Waals surface area contributed by atoms with Gasteiger partial charge in [0.1, 0.15) is 17.5 Å². The molecule has 0 aliphatic heterocycles. The second kappa shape index (κ2) is 13.6. The third kappa shape index (κ3) is 10.9. The van der Waals surface area contributed by atoms with Gasteiger partial charge < -0.3 is 21.1 Å². The van der Waals surface area contributed by atoms with Crippen LogP contribution < -0.4 is 16.4 Å². The van der Waals surface area contributed by atoms with Gasteiger partial charge in [-0.1, -0.05) is 0 Å². The molecule has 0 saturated heterocycles. The molecule has 0 bridgehead atoms. The second-order valence-corrected chi connectivity index (χ2v) is 11.6. The van der Waals surface area contributed by atoms with Gasteiger partial charge in [-0.2, -0.15) is 0 Å². The number of nitrogens with two attached hydrogens (primary N) is 1. The van der Waals surface area contributed by atoms with E-state index in [1.165, 1.54) is 7.11 Å². The van der Waals surface area contributed by atoms with Crippen LogP contribution in [0, 0.1) is 11.8 Å². The Kier molecular flexibility index (Phi) is 11.8. The number of methoxy groups -OCH3 is 1. The van der Waals surface area contributed by atoms with Gasteiger partial charge in [-0.3, -0.25) is 24.0 Å². The molecule has 0 radical (unpaired) electrons. The molecule has 36 heavy (non-hydrogen) atoms. The Morgan fingerprint density at radius 1 is 0.778 bits per heavy atom. The van der Waals surface area contributed by atoms with E-state index in [2.05, 4.69) is 15.4 Å². The molecule has 3 aliphatic rings. The Hall–Kier alpha value is -2.71. The molecule has 2 saturated carbocycles. The first-order valence-electron chi connectivity index (χ1n) is 12.8. The summed E-state index contributed by atoms with van der Waals surface area (Å²) in [5.74, 6) is -1.17. The summed E-state index contributed by atoms with van der Waals surface area (Å²) in [6.07, 6.45) is 6.91. The Morgan fingerprint density at radius 3 is 1.64 bits per heavy atom. The molecule has 3 aliphatic carbocycles. The highest BCUT2D eigenvalue weighted by Gasteiger charge is 2.33. The van der Waals surface area contributed by atoms with Crippen molar-refractivity contribution >= 4 is 29.4 Å². The van der Waals surface area contributed by atoms with Crippen LogP contribution in [-0.2, 0) is 28.7 Å². The number of hydrogen-bond donors (Lipinski definition) is 3. The lowest BCUT2D eigenvalue weighted by Crippen LogP contribution is -2.44. The molecule has 9 nitrogen and oxygen atoms in total. The van der Waals surface area contributed by atoms with Crippen molar-refractivity contribution < 1.29 is 28.7 Å². The number of carbonyl (C=O) groups is 5. The van der Waals surface area contributed by atoms with E-state index in [-0.39, 0.29) is 46.3 Å². The molecule has 0 aromatic carbocycles. The maximum atomic E-state index is 11.6. The van der Waals surface area contributed by atoms with Crippen LogP contribution in [0.5, 0.6) is 0 Å². The number of allylic oxidation sites excluding steroid dienone is 1. The molecular formula is C27H45N3O6. The van der Waals surface area contributed by atoms with Gasteiger partial charge in [0.15, 0.2) is 0 Å². The summed E-state index contributed by atoms with van der Waals surface area (Å²) in [6.45, 7) is 11.7. The molecule has 0 aromatic rings. The fourth-order valence-corrected chi connectivity index (χ4v) is 4.20. The van der Waals surface area contributed by atoms with Gasteiger partial charge in [0.05, 0.1) is 13.0 Å². The fraction of sp³-hybridized carbons (Fsp3) is 0.741. The third-order valence-corrected chi connectivity index (χ3v) is 5.93. The minimum atomic E-state index is -0.454. The van der Waals surface area contributed by atoms with E-state index in [1.54, 1.807) is 0 Å². The first kappa shape index (κ1) is 31.3. The highest BCUT2D eigenvalue weighted by molar-refractivity contribution is 6.02. The van der Waals surface area contributed by atoms with E-state index in [0.29, 0.717) is 19.3 Å². The Balaban J connectivity index is 0.000000273. The lowest BCUT2D eigenvalue weighted by molar-refractivity contribution is -0.148. The van der Waals surface area contributed by atoms with Crippen LogP contribution in [0.15, 0.2) is 11.3 Å². The molecule has 2 atom stereocenters. The van der Waals surface area contributed by atoms with E-state index in [4.69, 9.17) is 5.73 Å². The van der Waals surface area contributed by atoms with Gasteiger partial charge in [-0.05, 0) is 86.5 Å². The smallest absolute Gasteiger partial charge is 0.316 e. The maximum Gasteiger partial charge on any atom is 0.316 e. The Morgan fingerprint density at radius 2 is 1.28 bits per heavy atom. The van der Waals surface area contributed by atoms with Gasteiger partial charge in [0.2, 0.25) is 11.8 Å². The summed E-state index contributed by atoms with van der Waals surface area (Å²) in [7, 11) is 1.31. The lowest BCUT2D eigenvalue weighted by atomic mass is 10.0. The molecule has 0 aromatic heterocycles. The van der Waals surface area contributed by atoms with E-state index in [0.717, 1.165) is 49.8 Å². The summed E-state index contributed by atoms with van der Waals surface area (Å²) in [6, 6.07) is 0. The van der Waals surface area contributed by atoms with Crippen LogP contribution in [0.1, 0.15) is 99.3 Å². The van der Waals surface area contributed by atoms with Crippen molar-refractivity contribution in [2.75, 3.05) is 7.11 Å². The first-order chi connectivity index (χ1) is 16.6. The monoisotopic (exact) mass is 507 g/mol. The molecule has 3 rings (SSSR count). The molecule has 2 unspecified atom stereocenters. The van der Waals surface area contributed by atoms with Crippen LogP contribution in [0.4, 0.5) is 0 Å². The number of esters is 1. The molecule has 4 N–H and O–H groups in total. The fourth-order valence-electron chi connectivity index (χ4n) is 4.20. The van der Waals surface area contributed by atoms with Crippen LogP contribution in [0.25, 0.3) is 0 Å². The number of rotatable bonds is 3. The predicted molar refractivity (Wildman–Crippen MR) is 138 cm³/mol. The summed E-state index contributed by atoms with van der Waals surface area (Å²) in [5.41, 5.74) is 6.86. The van der Waals surface area contributed by atoms with Gasteiger partial charge in [0, 0.05) is 35.2 Å². The average molecular weight is 508 g/mol. The van der Waals surface area contributed by atoms with Crippen LogP contribution in [0.2, 0.25) is 0 Å². The van der Waals surface area contributed by atoms with E-state index < -0.39 is 5.92 Å². The molecular weight excluding hydrogens is 462 g/mol. The van der Waals surface area contributed by atoms with Crippen molar-refractivity contribution in [3.05, 3.63) is 11.3 Å². The minimum absolute atomic E-state index is 0.00231. The van der Waals surface area contributed by atoms with Crippen LogP contribution in [0.3, 0.4) is 0 Å². The van der Waals surface area contributed by atoms with Gasteiger partial charge in [-0.15, -0.1) is 0 Å². The molecule has 0 spiro atoms. The molecule has 2 amide bonds. The number of hydrogen-bond acceptors (Lipinski definition) is 7. The molecule has 2 fully saturated rings. The van der Waals surface area contributed by atoms with Crippen molar-refractivity contribution in [2.24, 2.45) is 17.6 Å². The first-order valence-corrected chi connectivity index (χ1v) is 12.8. The number of ketones is 2. The second-order valence-electron chi connectivity index (χ2n) is 11.6. The standard InChI is InChI=1S/C10H18N2O.C10H17NO2.C7H10O3/c1-10(2,3)12-9(13)7-5-4-6-8(7)11;1-10(2,3)11-9(13)7-5-4-6-8(7)12;1-10-7(9)5-3-2-4-6(5)8/h4-6,11H2,1-3H3,(H,12,13);7H,4-6H2,1-3H3,(H,11,13);5H,2-4H2,1H3. The van der Waals surface area contributed by atoms with Crippen molar-refractivity contribution in [2.45, 2.75) is 110 Å². The third-order valence-electron chi connectivity index (χ3n) is 5.93. The van der Waals surface area contributed by atoms with Crippen LogP contribution >= 0.6 is 0 Å². The Bertz CT molecular complexity index is 864. The number of carbonyl (C=O) groups excluding carboxylic acids is 5. The molecule has 9 heteroatoms. The van der Waals surface area contributed by atoms with Crippen molar-refractivity contribution in [3.63, 3.8) is 0 Å². The topological polar surface area (TPSA) is 145 Å². The summed E-state index contributed by atoms with van der Waals surface area (Å²) in [5, 5.41) is 5.75. The highest BCUT2D eigenvalue weighted by Crippen LogP contribution is 2.23. The number of amides is 2. The van der Waals surface area contributed by atoms with Gasteiger partial charge in [-0.25, -0.2) is 0 Å². The zero-order chi connectivity index (χ0) is 27.7. The zero-order valence-corrected chi connectivity index (χ0v) is 23.0. The summed E-state index contributed by atoms with van der Waals surface area (Å²) < 4.78 is 4.44. The van der Waals surface area contributed by atoms with E-state index in [1.807, 2.05) is 41.5 Å². The van der Waals surface area contributed by atoms with Gasteiger partial charge in [0.25, 0.3) is 0 Å². The largest absolute Gasteiger partial charge is 0.468 e. The quantitative estimate of drug-likeness (QED) is 0.393. The summed E-state index contributed by atoms with van der Waals surface area (Å²) >= 11 is 0. The normalized spacial score (nSPS) is 21.8. The SMILES string of the molecule is CC(C)(C)NC(=O)C1=C(N)CCC1.CC(C)(C)NC(=O)C1CCCC1=O.COC(=O)C1CCCC1=O. The zero-order valence-electron chi connectivity index (χ0n) is 23.0. The van der Waals surface area contributed by atoms with Crippen molar-refractivity contribution in [1.29, 1.82) is 0 Å². The number of ether oxygens (including phenoxy) is 1. The van der Waals surface area contributed by atoms with Crippen molar-refractivity contribution in [1.82, 2.24) is 10.6 Å². The van der Waals surface area contributed by atoms with E-state index >= 15 is 0 Å². The summed E-state index contributed by atoms with van der Waals surface area (Å²) in [4.78, 5) is 56.1. The molecule has 0 heterocycles. The highest BCUT2D eigenvalue weighted by atomic mass is 16.5. The van der Waals surface area contributed by atoms with Crippen molar-refractivity contribution in [3.8, 4) is 0 Å². The van der Waals surface area contributed by atoms with Gasteiger partial charge >= 0.3 is 5.97 Å². The Labute approximate surface area is 215 Å². The maximum absolute atomic E-state index is 11.6. The lowest BCUT2D eigenvalue weighted by Gasteiger charge is -2.22. The van der Waals surface area contributed by atoms with E-state index in [9.17, 15) is 24.0 Å². The molecule has 204 valence electrons. The predicted octanol–water partition coefficient (Wildman–Crippen LogP) is 3.10.